The molecule has 0 atom stereocenters. The summed E-state index contributed by atoms with van der Waals surface area (Å²) >= 11 is 0. The Morgan fingerprint density at radius 1 is 0.867 bits per heavy atom. The monoisotopic (exact) mass is 412 g/mol. The van der Waals surface area contributed by atoms with Gasteiger partial charge in [-0.1, -0.05) is 18.2 Å². The van der Waals surface area contributed by atoms with Gasteiger partial charge < -0.3 is 10.2 Å². The summed E-state index contributed by atoms with van der Waals surface area (Å²) in [5.74, 6) is -4.74. The molecule has 0 spiro atoms. The molecule has 2 heterocycles. The number of carbonyl (C=O) groups is 2. The van der Waals surface area contributed by atoms with Gasteiger partial charge in [-0.05, 0) is 24.3 Å². The van der Waals surface area contributed by atoms with E-state index in [4.69, 9.17) is 0 Å². The largest absolute Gasteiger partial charge is 0.326 e. The summed E-state index contributed by atoms with van der Waals surface area (Å²) in [7, 11) is 0. The first-order valence-electron chi connectivity index (χ1n) is 9.00. The van der Waals surface area contributed by atoms with Crippen LogP contribution in [0.15, 0.2) is 60.8 Å². The third-order valence-corrected chi connectivity index (χ3v) is 4.62. The molecule has 1 aliphatic rings. The number of carbonyl (C=O) groups excluding carboxylic acids is 2. The van der Waals surface area contributed by atoms with Gasteiger partial charge in [0.1, 0.15) is 5.69 Å². The molecule has 0 saturated carbocycles. The van der Waals surface area contributed by atoms with Crippen LogP contribution in [0, 0.1) is 17.5 Å². The lowest BCUT2D eigenvalue weighted by Gasteiger charge is -2.36. The van der Waals surface area contributed by atoms with E-state index in [-0.39, 0.29) is 30.4 Å². The van der Waals surface area contributed by atoms with Gasteiger partial charge in [0.2, 0.25) is 0 Å². The van der Waals surface area contributed by atoms with Crippen molar-refractivity contribution < 1.29 is 22.8 Å². The molecule has 2 aromatic carbocycles. The number of urea groups is 1. The zero-order chi connectivity index (χ0) is 21.3. The molecular weight excluding hydrogens is 397 g/mol. The zero-order valence-corrected chi connectivity index (χ0v) is 15.5. The van der Waals surface area contributed by atoms with Gasteiger partial charge in [-0.3, -0.25) is 14.7 Å². The van der Waals surface area contributed by atoms with Crippen LogP contribution in [0.5, 0.6) is 0 Å². The van der Waals surface area contributed by atoms with Crippen molar-refractivity contribution in [2.45, 2.75) is 0 Å². The predicted molar refractivity (Wildman–Crippen MR) is 105 cm³/mol. The van der Waals surface area contributed by atoms with Crippen molar-refractivity contribution in [1.29, 1.82) is 0 Å². The highest BCUT2D eigenvalue weighted by Gasteiger charge is 2.31. The minimum atomic E-state index is -1.61. The number of hydrogen-bond donors (Lipinski definition) is 1. The number of amides is 3. The maximum Gasteiger partial charge on any atom is 0.326 e. The molecule has 1 aromatic heterocycles. The molecule has 9 heteroatoms. The first kappa shape index (κ1) is 19.4. The molecule has 3 aromatic rings. The number of aromatic nitrogens is 1. The van der Waals surface area contributed by atoms with Crippen LogP contribution in [-0.4, -0.2) is 30.0 Å². The molecule has 0 fully saturated rings. The maximum atomic E-state index is 13.4. The number of anilines is 3. The highest BCUT2D eigenvalue weighted by molar-refractivity contribution is 6.11. The van der Waals surface area contributed by atoms with Gasteiger partial charge in [0.25, 0.3) is 5.91 Å². The number of nitrogens with one attached hydrogen (secondary N) is 1. The molecule has 0 aliphatic carbocycles. The first-order valence-corrected chi connectivity index (χ1v) is 9.00. The summed E-state index contributed by atoms with van der Waals surface area (Å²) in [5, 5.41) is 2.36. The van der Waals surface area contributed by atoms with Gasteiger partial charge in [0.05, 0.1) is 11.4 Å². The SMILES string of the molecule is O=C(Nc1cc(F)c(F)c(F)c1)N1CCN(C(=O)c2ccccn2)c2ccccc21. The molecular formula is C21H15F3N4O2. The average molecular weight is 412 g/mol. The Morgan fingerprint density at radius 3 is 2.10 bits per heavy atom. The van der Waals surface area contributed by atoms with Gasteiger partial charge in [0, 0.05) is 37.1 Å². The van der Waals surface area contributed by atoms with Crippen molar-refractivity contribution in [3.05, 3.63) is 83.9 Å². The van der Waals surface area contributed by atoms with Gasteiger partial charge in [0.15, 0.2) is 17.5 Å². The molecule has 0 saturated heterocycles. The predicted octanol–water partition coefficient (Wildman–Crippen LogP) is 4.20. The van der Waals surface area contributed by atoms with Crippen LogP contribution >= 0.6 is 0 Å². The Bertz CT molecular complexity index is 1100. The Hall–Kier alpha value is -3.88. The quantitative estimate of drug-likeness (QED) is 0.642. The second-order valence-corrected chi connectivity index (χ2v) is 6.50. The third kappa shape index (κ3) is 3.57. The molecule has 6 nitrogen and oxygen atoms in total. The van der Waals surface area contributed by atoms with E-state index >= 15 is 0 Å². The van der Waals surface area contributed by atoms with Crippen LogP contribution in [0.25, 0.3) is 0 Å². The maximum absolute atomic E-state index is 13.4. The van der Waals surface area contributed by atoms with Crippen molar-refractivity contribution in [1.82, 2.24) is 4.98 Å². The van der Waals surface area contributed by atoms with Crippen LogP contribution in [0.3, 0.4) is 0 Å². The Morgan fingerprint density at radius 2 is 1.47 bits per heavy atom. The van der Waals surface area contributed by atoms with Crippen molar-refractivity contribution in [2.75, 3.05) is 28.2 Å². The second kappa shape index (κ2) is 7.86. The number of nitrogens with zero attached hydrogens (tertiary/aromatic N) is 3. The Kier molecular flexibility index (Phi) is 5.09. The molecule has 152 valence electrons. The highest BCUT2D eigenvalue weighted by atomic mass is 19.2. The highest BCUT2D eigenvalue weighted by Crippen LogP contribution is 2.34. The van der Waals surface area contributed by atoms with E-state index in [0.717, 1.165) is 0 Å². The van der Waals surface area contributed by atoms with Gasteiger partial charge in [-0.2, -0.15) is 0 Å². The van der Waals surface area contributed by atoms with Crippen LogP contribution in [0.2, 0.25) is 0 Å². The average Bonchev–Trinajstić information content (AvgIpc) is 2.76. The smallest absolute Gasteiger partial charge is 0.307 e. The molecule has 4 rings (SSSR count). The summed E-state index contributed by atoms with van der Waals surface area (Å²) < 4.78 is 40.0. The standard InChI is InChI=1S/C21H15F3N4O2/c22-14-11-13(12-15(23)19(14)24)26-21(30)28-10-9-27(17-6-1-2-7-18(17)28)20(29)16-5-3-4-8-25-16/h1-8,11-12H,9-10H2,(H,26,30). The molecule has 30 heavy (non-hydrogen) atoms. The number of para-hydroxylation sites is 2. The van der Waals surface area contributed by atoms with Crippen molar-refractivity contribution in [3.8, 4) is 0 Å². The van der Waals surface area contributed by atoms with Crippen molar-refractivity contribution >= 4 is 29.0 Å². The number of rotatable bonds is 2. The van der Waals surface area contributed by atoms with Gasteiger partial charge in [-0.15, -0.1) is 0 Å². The minimum absolute atomic E-state index is 0.133. The number of halogens is 3. The van der Waals surface area contributed by atoms with E-state index < -0.39 is 23.5 Å². The number of hydrogen-bond acceptors (Lipinski definition) is 3. The lowest BCUT2D eigenvalue weighted by atomic mass is 10.1. The fourth-order valence-electron chi connectivity index (χ4n) is 3.23. The van der Waals surface area contributed by atoms with E-state index in [9.17, 15) is 22.8 Å². The first-order chi connectivity index (χ1) is 14.5. The molecule has 0 radical (unpaired) electrons. The summed E-state index contributed by atoms with van der Waals surface area (Å²) in [6, 6.07) is 12.5. The second-order valence-electron chi connectivity index (χ2n) is 6.50. The lowest BCUT2D eigenvalue weighted by molar-refractivity contribution is 0.0982. The molecule has 0 unspecified atom stereocenters. The molecule has 1 aliphatic heterocycles. The van der Waals surface area contributed by atoms with Gasteiger partial charge >= 0.3 is 6.03 Å². The van der Waals surface area contributed by atoms with Gasteiger partial charge in [-0.25, -0.2) is 18.0 Å². The minimum Gasteiger partial charge on any atom is -0.307 e. The normalized spacial score (nSPS) is 13.0. The lowest BCUT2D eigenvalue weighted by Crippen LogP contribution is -2.48. The number of pyridine rings is 1. The summed E-state index contributed by atoms with van der Waals surface area (Å²) in [6.07, 6.45) is 1.52. The fraction of sp³-hybridized carbons (Fsp3) is 0.0952. The molecule has 0 bridgehead atoms. The third-order valence-electron chi connectivity index (χ3n) is 4.62. The van der Waals surface area contributed by atoms with E-state index in [0.29, 0.717) is 23.5 Å². The summed E-state index contributed by atoms with van der Waals surface area (Å²) in [5.41, 5.74) is 0.975. The van der Waals surface area contributed by atoms with Crippen LogP contribution in [0.4, 0.5) is 35.0 Å². The number of benzene rings is 2. The zero-order valence-electron chi connectivity index (χ0n) is 15.5. The van der Waals surface area contributed by atoms with E-state index in [1.165, 1.54) is 16.0 Å². The topological polar surface area (TPSA) is 65.5 Å². The number of fused-ring (bicyclic) bond motifs is 1. The summed E-state index contributed by atoms with van der Waals surface area (Å²) in [6.45, 7) is 0.319. The van der Waals surface area contributed by atoms with Crippen LogP contribution < -0.4 is 15.1 Å². The Labute approximate surface area is 169 Å². The van der Waals surface area contributed by atoms with E-state index in [1.807, 2.05) is 0 Å². The van der Waals surface area contributed by atoms with E-state index in [1.54, 1.807) is 42.5 Å². The van der Waals surface area contributed by atoms with E-state index in [2.05, 4.69) is 10.3 Å². The summed E-state index contributed by atoms with van der Waals surface area (Å²) in [4.78, 5) is 32.5. The molecule has 3 amide bonds. The fourth-order valence-corrected chi connectivity index (χ4v) is 3.23. The van der Waals surface area contributed by atoms with Crippen molar-refractivity contribution in [3.63, 3.8) is 0 Å². The van der Waals surface area contributed by atoms with Crippen LogP contribution in [-0.2, 0) is 0 Å². The van der Waals surface area contributed by atoms with Crippen molar-refractivity contribution in [2.24, 2.45) is 0 Å². The Balaban J connectivity index is 1.61. The molecule has 1 N–H and O–H groups in total. The van der Waals surface area contributed by atoms with Crippen LogP contribution in [0.1, 0.15) is 10.5 Å².